The maximum Gasteiger partial charge on any atom is 0.407 e. The number of rotatable bonds is 3. The minimum atomic E-state index is -1.98. The van der Waals surface area contributed by atoms with E-state index in [-0.39, 0.29) is 37.2 Å². The van der Waals surface area contributed by atoms with Crippen LogP contribution < -0.4 is 10.9 Å². The summed E-state index contributed by atoms with van der Waals surface area (Å²) in [6.07, 6.45) is -0.624. The minimum absolute atomic E-state index is 0.00587. The monoisotopic (exact) mass is 605 g/mol. The summed E-state index contributed by atoms with van der Waals surface area (Å²) in [5, 5.41) is 14.6. The molecule has 4 heterocycles. The minimum Gasteiger partial charge on any atom is -0.458 e. The molecule has 0 aliphatic carbocycles. The summed E-state index contributed by atoms with van der Waals surface area (Å²) in [6, 6.07) is 2.94. The number of hydrogen-bond donors (Lipinski definition) is 2. The number of amides is 1. The smallest absolute Gasteiger partial charge is 0.407 e. The van der Waals surface area contributed by atoms with Gasteiger partial charge in [0.2, 0.25) is 0 Å². The highest BCUT2D eigenvalue weighted by Gasteiger charge is 2.45. The predicted octanol–water partition coefficient (Wildman–Crippen LogP) is 4.78. The second kappa shape index (κ2) is 10.3. The number of aliphatic hydroxyl groups is 1. The number of hydrogen-bond acceptors (Lipinski definition) is 7. The standard InChI is InChI=1S/C32H36FN3O6Si/c1-9-32(40)22-12-25-27-20(15-36(25)28(37)21(22)16-41-29(32)38)19(14-34-30(39)42-31(3,4)5)26-18(10-11-43(6,7)8)17(2)23(33)13-24(26)35-27/h12-13,40H,9,14-16H2,1-8H3,(H,34,39)/t32-/m0/s1. The molecule has 2 aliphatic heterocycles. The Morgan fingerprint density at radius 3 is 2.58 bits per heavy atom. The van der Waals surface area contributed by atoms with Gasteiger partial charge in [-0.3, -0.25) is 4.79 Å². The van der Waals surface area contributed by atoms with E-state index in [1.54, 1.807) is 40.7 Å². The lowest BCUT2D eigenvalue weighted by atomic mass is 9.86. The first kappa shape index (κ1) is 30.4. The number of nitrogens with zero attached hydrogens (tertiary/aromatic N) is 2. The number of pyridine rings is 2. The molecule has 0 unspecified atom stereocenters. The van der Waals surface area contributed by atoms with Crippen molar-refractivity contribution >= 4 is 31.0 Å². The summed E-state index contributed by atoms with van der Waals surface area (Å²) in [5.41, 5.74) is 3.81. The highest BCUT2D eigenvalue weighted by Crippen LogP contribution is 2.41. The highest BCUT2D eigenvalue weighted by atomic mass is 28.3. The Morgan fingerprint density at radius 2 is 1.95 bits per heavy atom. The van der Waals surface area contributed by atoms with Crippen LogP contribution in [-0.4, -0.2) is 40.4 Å². The van der Waals surface area contributed by atoms with Crippen LogP contribution in [0.5, 0.6) is 0 Å². The molecule has 0 fully saturated rings. The van der Waals surface area contributed by atoms with Gasteiger partial charge in [0.1, 0.15) is 26.1 Å². The van der Waals surface area contributed by atoms with E-state index in [1.807, 2.05) is 0 Å². The summed E-state index contributed by atoms with van der Waals surface area (Å²) < 4.78 is 27.5. The van der Waals surface area contributed by atoms with E-state index in [0.717, 1.165) is 0 Å². The number of halogens is 1. The van der Waals surface area contributed by atoms with Crippen molar-refractivity contribution in [3.05, 3.63) is 61.7 Å². The van der Waals surface area contributed by atoms with Gasteiger partial charge in [-0.25, -0.2) is 19.0 Å². The zero-order valence-corrected chi connectivity index (χ0v) is 26.7. The van der Waals surface area contributed by atoms with Crippen molar-refractivity contribution in [1.82, 2.24) is 14.9 Å². The number of alkyl carbamates (subject to hydrolysis) is 1. The first-order chi connectivity index (χ1) is 19.9. The van der Waals surface area contributed by atoms with Crippen LogP contribution in [0.4, 0.5) is 9.18 Å². The van der Waals surface area contributed by atoms with Gasteiger partial charge < -0.3 is 24.5 Å². The van der Waals surface area contributed by atoms with Crippen LogP contribution in [0.1, 0.15) is 67.5 Å². The van der Waals surface area contributed by atoms with Crippen LogP contribution in [0.25, 0.3) is 22.3 Å². The Labute approximate surface area is 250 Å². The molecular formula is C32H36FN3O6Si. The molecule has 0 bridgehead atoms. The zero-order valence-electron chi connectivity index (χ0n) is 25.7. The molecule has 43 heavy (non-hydrogen) atoms. The maximum absolute atomic E-state index is 15.4. The van der Waals surface area contributed by atoms with Crippen molar-refractivity contribution in [3.63, 3.8) is 0 Å². The fourth-order valence-corrected chi connectivity index (χ4v) is 5.98. The second-order valence-electron chi connectivity index (χ2n) is 13.1. The van der Waals surface area contributed by atoms with Crippen molar-refractivity contribution in [2.45, 2.75) is 91.6 Å². The van der Waals surface area contributed by atoms with Gasteiger partial charge in [-0.05, 0) is 45.7 Å². The number of fused-ring (bicyclic) bond motifs is 5. The molecule has 2 aromatic heterocycles. The van der Waals surface area contributed by atoms with Crippen LogP contribution in [-0.2, 0) is 39.6 Å². The molecule has 0 saturated heterocycles. The molecule has 2 N–H and O–H groups in total. The van der Waals surface area contributed by atoms with Crippen LogP contribution in [0.2, 0.25) is 19.6 Å². The summed E-state index contributed by atoms with van der Waals surface area (Å²) in [7, 11) is -1.87. The number of carbonyl (C=O) groups excluding carboxylic acids is 2. The number of benzene rings is 1. The van der Waals surface area contributed by atoms with Crippen molar-refractivity contribution in [1.29, 1.82) is 0 Å². The topological polar surface area (TPSA) is 120 Å². The quantitative estimate of drug-likeness (QED) is 0.196. The third-order valence-electron chi connectivity index (χ3n) is 7.66. The van der Waals surface area contributed by atoms with Crippen molar-refractivity contribution in [2.24, 2.45) is 0 Å². The largest absolute Gasteiger partial charge is 0.458 e. The molecule has 1 amide bonds. The van der Waals surface area contributed by atoms with E-state index in [0.29, 0.717) is 44.5 Å². The van der Waals surface area contributed by atoms with E-state index in [9.17, 15) is 19.5 Å². The Kier molecular flexibility index (Phi) is 7.30. The maximum atomic E-state index is 15.4. The van der Waals surface area contributed by atoms with E-state index in [4.69, 9.17) is 14.5 Å². The first-order valence-corrected chi connectivity index (χ1v) is 17.8. The Hall–Kier alpha value is -4.01. The number of aromatic nitrogens is 2. The number of cyclic esters (lactones) is 1. The third-order valence-corrected chi connectivity index (χ3v) is 8.53. The molecule has 0 saturated carbocycles. The lowest BCUT2D eigenvalue weighted by Crippen LogP contribution is -2.44. The Bertz CT molecular complexity index is 1840. The number of ether oxygens (including phenoxy) is 2. The van der Waals surface area contributed by atoms with Gasteiger partial charge in [-0.1, -0.05) is 32.5 Å². The summed E-state index contributed by atoms with van der Waals surface area (Å²) in [6.45, 7) is 14.7. The average Bonchev–Trinajstić information content (AvgIpc) is 3.26. The lowest BCUT2D eigenvalue weighted by Gasteiger charge is -2.31. The number of carbonyl (C=O) groups is 2. The van der Waals surface area contributed by atoms with Crippen LogP contribution in [0.15, 0.2) is 16.9 Å². The fraction of sp³-hybridized carbons (Fsp3) is 0.438. The fourth-order valence-electron chi connectivity index (χ4n) is 5.48. The van der Waals surface area contributed by atoms with Gasteiger partial charge in [0.05, 0.1) is 29.0 Å². The summed E-state index contributed by atoms with van der Waals surface area (Å²) in [5.74, 6) is 1.93. The van der Waals surface area contributed by atoms with Crippen LogP contribution in [0, 0.1) is 24.2 Å². The SMILES string of the molecule is CC[C@@]1(O)C(=O)OCc2c1cc1n(c2=O)Cc2c-1nc1cc(F)c(C)c(C#C[Si](C)(C)C)c1c2CNC(=O)OC(C)(C)C. The predicted molar refractivity (Wildman–Crippen MR) is 163 cm³/mol. The zero-order chi connectivity index (χ0) is 31.6. The molecule has 9 nitrogen and oxygen atoms in total. The number of nitrogens with one attached hydrogen (secondary N) is 1. The average molecular weight is 606 g/mol. The number of esters is 1. The van der Waals surface area contributed by atoms with Gasteiger partial charge in [0.15, 0.2) is 5.60 Å². The molecule has 2 aliphatic rings. The second-order valence-corrected chi connectivity index (χ2v) is 17.9. The van der Waals surface area contributed by atoms with Gasteiger partial charge in [0, 0.05) is 40.3 Å². The molecule has 11 heteroatoms. The molecular weight excluding hydrogens is 569 g/mol. The van der Waals surface area contributed by atoms with Gasteiger partial charge in [-0.15, -0.1) is 5.54 Å². The van der Waals surface area contributed by atoms with Gasteiger partial charge in [-0.2, -0.15) is 0 Å². The van der Waals surface area contributed by atoms with E-state index >= 15 is 4.39 Å². The Morgan fingerprint density at radius 1 is 1.26 bits per heavy atom. The highest BCUT2D eigenvalue weighted by molar-refractivity contribution is 6.83. The molecule has 5 rings (SSSR count). The van der Waals surface area contributed by atoms with Crippen molar-refractivity contribution in [2.75, 3.05) is 0 Å². The summed E-state index contributed by atoms with van der Waals surface area (Å²) >= 11 is 0. The van der Waals surface area contributed by atoms with Gasteiger partial charge >= 0.3 is 12.1 Å². The van der Waals surface area contributed by atoms with Crippen LogP contribution in [0.3, 0.4) is 0 Å². The van der Waals surface area contributed by atoms with Crippen molar-refractivity contribution < 1.29 is 28.6 Å². The van der Waals surface area contributed by atoms with E-state index in [2.05, 4.69) is 36.4 Å². The van der Waals surface area contributed by atoms with Gasteiger partial charge in [0.25, 0.3) is 5.56 Å². The molecule has 226 valence electrons. The molecule has 1 atom stereocenters. The Balaban J connectivity index is 1.80. The van der Waals surface area contributed by atoms with Crippen molar-refractivity contribution in [3.8, 4) is 22.9 Å². The van der Waals surface area contributed by atoms with E-state index in [1.165, 1.54) is 10.6 Å². The normalized spacial score (nSPS) is 17.4. The lowest BCUT2D eigenvalue weighted by molar-refractivity contribution is -0.172. The molecule has 1 aromatic carbocycles. The van der Waals surface area contributed by atoms with E-state index < -0.39 is 42.7 Å². The summed E-state index contributed by atoms with van der Waals surface area (Å²) in [4.78, 5) is 43.9. The molecule has 3 aromatic rings. The first-order valence-electron chi connectivity index (χ1n) is 14.3. The molecule has 0 spiro atoms. The van der Waals surface area contributed by atoms with Crippen LogP contribution >= 0.6 is 0 Å². The third kappa shape index (κ3) is 5.34. The molecule has 0 radical (unpaired) electrons.